The van der Waals surface area contributed by atoms with Crippen LogP contribution in [0.2, 0.25) is 0 Å². The summed E-state index contributed by atoms with van der Waals surface area (Å²) in [5.41, 5.74) is 7.15. The summed E-state index contributed by atoms with van der Waals surface area (Å²) in [7, 11) is 0. The van der Waals surface area contributed by atoms with Crippen molar-refractivity contribution in [2.24, 2.45) is 0 Å². The number of aryl methyl sites for hydroxylation is 1. The number of hydrogen-bond donors (Lipinski definition) is 2. The van der Waals surface area contributed by atoms with Crippen LogP contribution in [0.4, 0.5) is 0 Å². The third-order valence-corrected chi connectivity index (χ3v) is 8.29. The molecule has 2 nitrogen and oxygen atoms in total. The van der Waals surface area contributed by atoms with Crippen molar-refractivity contribution in [1.29, 1.82) is 0 Å². The van der Waals surface area contributed by atoms with Gasteiger partial charge in [-0.05, 0) is 73.3 Å². The molecule has 2 aliphatic carbocycles. The SMILES string of the molecule is Cc1ccc(C(c2cccc(O)c2C2CCCCC2)c2cccc(O)c2C2CCCCC2)cc1. The first kappa shape index (κ1) is 23.0. The van der Waals surface area contributed by atoms with Crippen molar-refractivity contribution in [3.8, 4) is 11.5 Å². The van der Waals surface area contributed by atoms with E-state index in [0.717, 1.165) is 36.8 Å². The zero-order chi connectivity index (χ0) is 23.5. The summed E-state index contributed by atoms with van der Waals surface area (Å²) in [4.78, 5) is 0. The average molecular weight is 455 g/mol. The third kappa shape index (κ3) is 4.60. The Morgan fingerprint density at radius 2 is 1.03 bits per heavy atom. The van der Waals surface area contributed by atoms with Crippen molar-refractivity contribution >= 4 is 0 Å². The molecule has 0 bridgehead atoms. The molecule has 0 heterocycles. The van der Waals surface area contributed by atoms with Gasteiger partial charge in [-0.1, -0.05) is 92.6 Å². The van der Waals surface area contributed by atoms with E-state index in [-0.39, 0.29) is 5.92 Å². The quantitative estimate of drug-likeness (QED) is 0.379. The first-order valence-corrected chi connectivity index (χ1v) is 13.3. The molecule has 0 spiro atoms. The molecular formula is C32H38O2. The minimum Gasteiger partial charge on any atom is -0.508 e. The molecule has 2 N–H and O–H groups in total. The number of hydrogen-bond acceptors (Lipinski definition) is 2. The molecule has 5 rings (SSSR count). The van der Waals surface area contributed by atoms with Gasteiger partial charge in [-0.25, -0.2) is 0 Å². The highest BCUT2D eigenvalue weighted by atomic mass is 16.3. The maximum absolute atomic E-state index is 11.2. The van der Waals surface area contributed by atoms with Gasteiger partial charge in [0.25, 0.3) is 0 Å². The second-order valence-electron chi connectivity index (χ2n) is 10.6. The molecule has 0 aromatic heterocycles. The van der Waals surface area contributed by atoms with Crippen LogP contribution in [0.1, 0.15) is 115 Å². The minimum absolute atomic E-state index is 0.00588. The third-order valence-electron chi connectivity index (χ3n) is 8.29. The monoisotopic (exact) mass is 454 g/mol. The van der Waals surface area contributed by atoms with Gasteiger partial charge in [-0.15, -0.1) is 0 Å². The van der Waals surface area contributed by atoms with E-state index in [1.165, 1.54) is 60.8 Å². The van der Waals surface area contributed by atoms with Crippen molar-refractivity contribution in [3.05, 3.63) is 94.0 Å². The summed E-state index contributed by atoms with van der Waals surface area (Å²) in [5.74, 6) is 1.65. The second kappa shape index (κ2) is 10.3. The Bertz CT molecular complexity index is 1030. The smallest absolute Gasteiger partial charge is 0.119 e. The summed E-state index contributed by atoms with van der Waals surface area (Å²) >= 11 is 0. The molecule has 0 radical (unpaired) electrons. The predicted octanol–water partition coefficient (Wildman–Crippen LogP) is 8.68. The molecule has 0 atom stereocenters. The summed E-state index contributed by atoms with van der Waals surface area (Å²) in [5, 5.41) is 22.3. The van der Waals surface area contributed by atoms with Crippen molar-refractivity contribution in [2.75, 3.05) is 0 Å². The number of benzene rings is 3. The van der Waals surface area contributed by atoms with Crippen molar-refractivity contribution in [3.63, 3.8) is 0 Å². The summed E-state index contributed by atoms with van der Waals surface area (Å²) in [6, 6.07) is 21.0. The summed E-state index contributed by atoms with van der Waals surface area (Å²) in [6.45, 7) is 2.13. The normalized spacial score (nSPS) is 17.8. The molecule has 3 aromatic carbocycles. The Morgan fingerprint density at radius 1 is 0.588 bits per heavy atom. The van der Waals surface area contributed by atoms with Crippen LogP contribution in [-0.2, 0) is 0 Å². The molecule has 34 heavy (non-hydrogen) atoms. The van der Waals surface area contributed by atoms with Gasteiger partial charge in [0, 0.05) is 17.0 Å². The van der Waals surface area contributed by atoms with Gasteiger partial charge in [-0.2, -0.15) is 0 Å². The van der Waals surface area contributed by atoms with Gasteiger partial charge >= 0.3 is 0 Å². The Kier molecular flexibility index (Phi) is 6.94. The molecule has 0 saturated heterocycles. The Labute approximate surface area is 204 Å². The van der Waals surface area contributed by atoms with Crippen molar-refractivity contribution in [2.45, 2.75) is 88.9 Å². The highest BCUT2D eigenvalue weighted by molar-refractivity contribution is 5.56. The summed E-state index contributed by atoms with van der Waals surface area (Å²) < 4.78 is 0. The van der Waals surface area contributed by atoms with Crippen LogP contribution >= 0.6 is 0 Å². The molecule has 3 aromatic rings. The number of rotatable bonds is 5. The lowest BCUT2D eigenvalue weighted by Crippen LogP contribution is -2.15. The van der Waals surface area contributed by atoms with E-state index in [4.69, 9.17) is 0 Å². The molecule has 0 amide bonds. The van der Waals surface area contributed by atoms with Crippen LogP contribution in [0.25, 0.3) is 0 Å². The van der Waals surface area contributed by atoms with E-state index < -0.39 is 0 Å². The first-order chi connectivity index (χ1) is 16.6. The van der Waals surface area contributed by atoms with Crippen LogP contribution in [0.5, 0.6) is 11.5 Å². The van der Waals surface area contributed by atoms with E-state index in [1.807, 2.05) is 24.3 Å². The van der Waals surface area contributed by atoms with E-state index in [1.54, 1.807) is 0 Å². The zero-order valence-corrected chi connectivity index (χ0v) is 20.5. The van der Waals surface area contributed by atoms with E-state index in [0.29, 0.717) is 23.3 Å². The highest BCUT2D eigenvalue weighted by Crippen LogP contribution is 2.48. The Morgan fingerprint density at radius 3 is 1.47 bits per heavy atom. The molecule has 178 valence electrons. The van der Waals surface area contributed by atoms with Gasteiger partial charge < -0.3 is 10.2 Å². The van der Waals surface area contributed by atoms with Crippen LogP contribution in [-0.4, -0.2) is 10.2 Å². The largest absolute Gasteiger partial charge is 0.508 e. The molecule has 2 heteroatoms. The Balaban J connectivity index is 1.72. The molecule has 2 saturated carbocycles. The topological polar surface area (TPSA) is 40.5 Å². The number of aromatic hydroxyl groups is 2. The maximum Gasteiger partial charge on any atom is 0.119 e. The predicted molar refractivity (Wildman–Crippen MR) is 140 cm³/mol. The van der Waals surface area contributed by atoms with Crippen molar-refractivity contribution < 1.29 is 10.2 Å². The lowest BCUT2D eigenvalue weighted by Gasteiger charge is -2.32. The minimum atomic E-state index is -0.00588. The standard InChI is InChI=1S/C32H38O2/c1-22-18-20-25(21-19-22)30(26-14-8-16-28(33)31(26)23-10-4-2-5-11-23)27-15-9-17-29(34)32(27)24-12-6-3-7-13-24/h8-9,14-21,23-24,30,33-34H,2-7,10-13H2,1H3. The van der Waals surface area contributed by atoms with Crippen LogP contribution in [0.3, 0.4) is 0 Å². The lowest BCUT2D eigenvalue weighted by molar-refractivity contribution is 0.408. The number of phenols is 2. The van der Waals surface area contributed by atoms with Gasteiger partial charge in [0.1, 0.15) is 11.5 Å². The molecule has 2 aliphatic rings. The van der Waals surface area contributed by atoms with Gasteiger partial charge in [0.05, 0.1) is 0 Å². The van der Waals surface area contributed by atoms with E-state index in [2.05, 4.69) is 43.3 Å². The fourth-order valence-electron chi connectivity index (χ4n) is 6.60. The molecule has 0 aliphatic heterocycles. The van der Waals surface area contributed by atoms with Crippen LogP contribution in [0.15, 0.2) is 60.7 Å². The average Bonchev–Trinajstić information content (AvgIpc) is 2.87. The fourth-order valence-corrected chi connectivity index (χ4v) is 6.60. The fraction of sp³-hybridized carbons (Fsp3) is 0.438. The molecular weight excluding hydrogens is 416 g/mol. The Hall–Kier alpha value is -2.74. The lowest BCUT2D eigenvalue weighted by atomic mass is 9.72. The van der Waals surface area contributed by atoms with Crippen molar-refractivity contribution in [1.82, 2.24) is 0 Å². The first-order valence-electron chi connectivity index (χ1n) is 13.3. The molecule has 2 fully saturated rings. The van der Waals surface area contributed by atoms with E-state index >= 15 is 0 Å². The van der Waals surface area contributed by atoms with Gasteiger partial charge in [0.2, 0.25) is 0 Å². The second-order valence-corrected chi connectivity index (χ2v) is 10.6. The maximum atomic E-state index is 11.2. The van der Waals surface area contributed by atoms with Gasteiger partial charge in [-0.3, -0.25) is 0 Å². The van der Waals surface area contributed by atoms with Crippen LogP contribution in [0, 0.1) is 6.92 Å². The van der Waals surface area contributed by atoms with Gasteiger partial charge in [0.15, 0.2) is 0 Å². The molecule has 0 unspecified atom stereocenters. The van der Waals surface area contributed by atoms with E-state index in [9.17, 15) is 10.2 Å². The van der Waals surface area contributed by atoms with Crippen LogP contribution < -0.4 is 0 Å². The number of phenolic OH excluding ortho intramolecular Hbond substituents is 2. The zero-order valence-electron chi connectivity index (χ0n) is 20.5. The summed E-state index contributed by atoms with van der Waals surface area (Å²) in [6.07, 6.45) is 12.1. The highest BCUT2D eigenvalue weighted by Gasteiger charge is 2.31.